The zero-order chi connectivity index (χ0) is 30.3. The molecule has 222 valence electrons. The highest BCUT2D eigenvalue weighted by Crippen LogP contribution is 2.31. The lowest BCUT2D eigenvalue weighted by atomic mass is 10.1. The third-order valence-electron chi connectivity index (χ3n) is 7.17. The molecule has 1 aliphatic rings. The lowest BCUT2D eigenvalue weighted by Crippen LogP contribution is -2.55. The predicted octanol–water partition coefficient (Wildman–Crippen LogP) is 5.34. The maximum absolute atomic E-state index is 12.0. The number of anilines is 2. The highest BCUT2D eigenvalue weighted by atomic mass is 19.4. The number of rotatable bonds is 7. The molecule has 2 aromatic carbocycles. The number of hydrogen-bond donors (Lipinski definition) is 2. The number of carbonyl (C=O) groups is 1. The Kier molecular flexibility index (Phi) is 9.79. The Morgan fingerprint density at radius 3 is 2.31 bits per heavy atom. The molecule has 2 unspecified atom stereocenters. The summed E-state index contributed by atoms with van der Waals surface area (Å²) >= 11 is 0. The average molecular weight is 582 g/mol. The number of halogens is 3. The molecule has 0 bridgehead atoms. The van der Waals surface area contributed by atoms with E-state index >= 15 is 0 Å². The number of hydrogen-bond acceptors (Lipinski definition) is 8. The molecule has 0 aliphatic carbocycles. The molecular weight excluding hydrogens is 547 g/mol. The van der Waals surface area contributed by atoms with Crippen molar-refractivity contribution >= 4 is 28.7 Å². The Bertz CT molecular complexity index is 1450. The molecule has 0 radical (unpaired) electrons. The summed E-state index contributed by atoms with van der Waals surface area (Å²) in [7, 11) is 4.10. The number of pyridine rings is 1. The van der Waals surface area contributed by atoms with Crippen molar-refractivity contribution < 1.29 is 22.7 Å². The van der Waals surface area contributed by atoms with Crippen molar-refractivity contribution in [1.29, 1.82) is 0 Å². The van der Waals surface area contributed by atoms with Gasteiger partial charge in [0.15, 0.2) is 0 Å². The summed E-state index contributed by atoms with van der Waals surface area (Å²) < 4.78 is 42.1. The topological polar surface area (TPSA) is 95.5 Å². The van der Waals surface area contributed by atoms with Crippen LogP contribution in [0, 0.1) is 0 Å². The third kappa shape index (κ3) is 7.64. The van der Waals surface area contributed by atoms with Gasteiger partial charge in [-0.2, -0.15) is 13.2 Å². The van der Waals surface area contributed by atoms with Crippen LogP contribution in [0.1, 0.15) is 25.1 Å². The molecule has 0 saturated carbocycles. The van der Waals surface area contributed by atoms with Gasteiger partial charge in [0, 0.05) is 56.3 Å². The molecule has 9 nitrogen and oxygen atoms in total. The molecule has 2 aromatic heterocycles. The van der Waals surface area contributed by atoms with Crippen LogP contribution < -0.4 is 20.3 Å². The zero-order valence-electron chi connectivity index (χ0n) is 23.9. The first-order valence-corrected chi connectivity index (χ1v) is 13.5. The Morgan fingerprint density at radius 1 is 1.00 bits per heavy atom. The largest absolute Gasteiger partial charge is 0.438 e. The van der Waals surface area contributed by atoms with E-state index in [1.807, 2.05) is 31.3 Å². The van der Waals surface area contributed by atoms with Crippen molar-refractivity contribution in [2.24, 2.45) is 0 Å². The van der Waals surface area contributed by atoms with E-state index in [0.29, 0.717) is 29.9 Å². The van der Waals surface area contributed by atoms with Crippen LogP contribution in [0.3, 0.4) is 0 Å². The van der Waals surface area contributed by atoms with Gasteiger partial charge in [0.2, 0.25) is 12.3 Å². The summed E-state index contributed by atoms with van der Waals surface area (Å²) in [5.41, 5.74) is 2.72. The number of alkyl halides is 3. The van der Waals surface area contributed by atoms with Crippen LogP contribution in [-0.4, -0.2) is 65.5 Å². The number of likely N-dealkylation sites (N-methyl/N-ethyl adjacent to an activating group) is 1. The lowest BCUT2D eigenvalue weighted by Gasteiger charge is -2.43. The van der Waals surface area contributed by atoms with Crippen LogP contribution in [0.4, 0.5) is 24.5 Å². The van der Waals surface area contributed by atoms with E-state index < -0.39 is 11.9 Å². The van der Waals surface area contributed by atoms with Gasteiger partial charge in [0.05, 0.1) is 10.9 Å². The van der Waals surface area contributed by atoms with Crippen molar-refractivity contribution in [2.75, 3.05) is 37.4 Å². The van der Waals surface area contributed by atoms with E-state index in [2.05, 4.69) is 74.5 Å². The number of benzene rings is 2. The summed E-state index contributed by atoms with van der Waals surface area (Å²) in [5.74, 6) is 1.33. The van der Waals surface area contributed by atoms with Crippen LogP contribution in [0.15, 0.2) is 67.1 Å². The standard InChI is InChI=1S/C22H27N5O.C8H7F3N2O/c1-15-12-27(13-16(2)26(15)4)18-7-10-20-21(11-18)24-14-25-22(20)28-19-8-5-17(23-3)6-9-19;9-8(10,11)7-2-1-6(4-13-7)3-12-5-14/h5-11,14-16,23H,12-13H2,1-4H3;1-2,4-5H,3H2,(H,12,14). The molecule has 3 heterocycles. The minimum absolute atomic E-state index is 0.175. The molecule has 4 aromatic rings. The van der Waals surface area contributed by atoms with Crippen molar-refractivity contribution in [3.63, 3.8) is 0 Å². The van der Waals surface area contributed by atoms with E-state index in [-0.39, 0.29) is 6.54 Å². The minimum Gasteiger partial charge on any atom is -0.438 e. The number of piperazine rings is 1. The Hall–Kier alpha value is -4.45. The molecule has 1 fully saturated rings. The first-order valence-electron chi connectivity index (χ1n) is 13.5. The zero-order valence-corrected chi connectivity index (χ0v) is 23.9. The number of carbonyl (C=O) groups excluding carboxylic acids is 1. The summed E-state index contributed by atoms with van der Waals surface area (Å²) in [6, 6.07) is 17.4. The van der Waals surface area contributed by atoms with E-state index in [4.69, 9.17) is 4.74 Å². The Morgan fingerprint density at radius 2 is 1.71 bits per heavy atom. The van der Waals surface area contributed by atoms with Crippen LogP contribution in [0.5, 0.6) is 11.6 Å². The lowest BCUT2D eigenvalue weighted by molar-refractivity contribution is -0.141. The number of nitrogens with zero attached hydrogens (tertiary/aromatic N) is 5. The van der Waals surface area contributed by atoms with Gasteiger partial charge < -0.3 is 20.3 Å². The van der Waals surface area contributed by atoms with Crippen LogP contribution in [0.2, 0.25) is 0 Å². The molecule has 1 saturated heterocycles. The molecule has 12 heteroatoms. The maximum atomic E-state index is 12.0. The van der Waals surface area contributed by atoms with Crippen LogP contribution in [-0.2, 0) is 17.5 Å². The Balaban J connectivity index is 0.000000244. The van der Waals surface area contributed by atoms with Crippen molar-refractivity contribution in [3.05, 3.63) is 78.4 Å². The fourth-order valence-electron chi connectivity index (χ4n) is 4.57. The van der Waals surface area contributed by atoms with Gasteiger partial charge in [0.1, 0.15) is 17.8 Å². The van der Waals surface area contributed by atoms with E-state index in [9.17, 15) is 18.0 Å². The first kappa shape index (κ1) is 30.5. The van der Waals surface area contributed by atoms with Crippen molar-refractivity contribution in [3.8, 4) is 11.6 Å². The summed E-state index contributed by atoms with van der Waals surface area (Å²) in [4.78, 5) is 26.8. The van der Waals surface area contributed by atoms with Gasteiger partial charge in [0.25, 0.3) is 0 Å². The number of fused-ring (bicyclic) bond motifs is 1. The molecule has 42 heavy (non-hydrogen) atoms. The molecule has 5 rings (SSSR count). The van der Waals surface area contributed by atoms with Gasteiger partial charge in [-0.15, -0.1) is 0 Å². The number of ether oxygens (including phenoxy) is 1. The van der Waals surface area contributed by atoms with Crippen molar-refractivity contribution in [1.82, 2.24) is 25.2 Å². The molecule has 2 N–H and O–H groups in total. The second-order valence-electron chi connectivity index (χ2n) is 10.1. The average Bonchev–Trinajstić information content (AvgIpc) is 2.99. The summed E-state index contributed by atoms with van der Waals surface area (Å²) in [6.45, 7) is 6.75. The predicted molar refractivity (Wildman–Crippen MR) is 157 cm³/mol. The second-order valence-corrected chi connectivity index (χ2v) is 10.1. The highest BCUT2D eigenvalue weighted by Gasteiger charge is 2.32. The molecule has 1 amide bonds. The van der Waals surface area contributed by atoms with Gasteiger partial charge in [-0.1, -0.05) is 6.07 Å². The molecule has 1 aliphatic heterocycles. The maximum Gasteiger partial charge on any atom is 0.433 e. The van der Waals surface area contributed by atoms with E-state index in [1.54, 1.807) is 6.33 Å². The van der Waals surface area contributed by atoms with Gasteiger partial charge in [-0.3, -0.25) is 14.7 Å². The van der Waals surface area contributed by atoms with Crippen LogP contribution >= 0.6 is 0 Å². The minimum atomic E-state index is -4.42. The number of nitrogens with one attached hydrogen (secondary N) is 2. The SMILES string of the molecule is CNc1ccc(Oc2ncnc3cc(N4CC(C)N(C)C(C)C4)ccc23)cc1.O=CNCc1ccc(C(F)(F)F)nc1. The normalized spacial score (nSPS) is 17.3. The molecular formula is C30H34F3N7O2. The molecule has 0 spiro atoms. The monoisotopic (exact) mass is 581 g/mol. The van der Waals surface area contributed by atoms with Gasteiger partial charge >= 0.3 is 6.18 Å². The Labute approximate surface area is 242 Å². The fraction of sp³-hybridized carbons (Fsp3) is 0.333. The first-order chi connectivity index (χ1) is 20.1. The second kappa shape index (κ2) is 13.5. The fourth-order valence-corrected chi connectivity index (χ4v) is 4.57. The summed E-state index contributed by atoms with van der Waals surface area (Å²) in [5, 5.41) is 6.34. The number of amides is 1. The van der Waals surface area contributed by atoms with Crippen LogP contribution in [0.25, 0.3) is 10.9 Å². The number of aromatic nitrogens is 3. The molecule has 2 atom stereocenters. The quantitative estimate of drug-likeness (QED) is 0.283. The smallest absolute Gasteiger partial charge is 0.433 e. The highest BCUT2D eigenvalue weighted by molar-refractivity contribution is 5.86. The third-order valence-corrected chi connectivity index (χ3v) is 7.17. The van der Waals surface area contributed by atoms with Gasteiger partial charge in [-0.25, -0.2) is 9.97 Å². The van der Waals surface area contributed by atoms with Crippen molar-refractivity contribution in [2.45, 2.75) is 38.7 Å². The summed E-state index contributed by atoms with van der Waals surface area (Å²) in [6.07, 6.45) is -1.30. The van der Waals surface area contributed by atoms with E-state index in [1.165, 1.54) is 11.8 Å². The van der Waals surface area contributed by atoms with Gasteiger partial charge in [-0.05, 0) is 75.0 Å². The van der Waals surface area contributed by atoms with E-state index in [0.717, 1.165) is 47.7 Å².